The van der Waals surface area contributed by atoms with Gasteiger partial charge in [-0.1, -0.05) is 20.8 Å². The maximum absolute atomic E-state index is 13.1. The molecule has 22 heavy (non-hydrogen) atoms. The average molecular weight is 358 g/mol. The molecule has 130 valence electrons. The molecule has 0 aromatic rings. The number of alkyl halides is 3. The number of esters is 1. The molecule has 3 atom stereocenters. The van der Waals surface area contributed by atoms with Crippen molar-refractivity contribution in [2.75, 3.05) is 6.61 Å². The van der Waals surface area contributed by atoms with Crippen molar-refractivity contribution in [1.29, 1.82) is 0 Å². The summed E-state index contributed by atoms with van der Waals surface area (Å²) in [6, 6.07) is 0. The maximum Gasteiger partial charge on any atom is 0.396 e. The third-order valence-corrected chi connectivity index (χ3v) is 10.2. The molecular formula is C14H25F3O3SSi. The normalized spacial score (nSPS) is 27.0. The smallest absolute Gasteiger partial charge is 0.396 e. The predicted octanol–water partition coefficient (Wildman–Crippen LogP) is 4.58. The topological polar surface area (TPSA) is 35.5 Å². The molecule has 1 saturated heterocycles. The highest BCUT2D eigenvalue weighted by Crippen LogP contribution is 2.48. The van der Waals surface area contributed by atoms with E-state index in [1.54, 1.807) is 0 Å². The summed E-state index contributed by atoms with van der Waals surface area (Å²) in [4.78, 5) is 11.0. The van der Waals surface area contributed by atoms with Gasteiger partial charge in [-0.05, 0) is 24.6 Å². The second kappa shape index (κ2) is 6.73. The third-order valence-electron chi connectivity index (χ3n) is 4.31. The van der Waals surface area contributed by atoms with Crippen molar-refractivity contribution in [1.82, 2.24) is 0 Å². The summed E-state index contributed by atoms with van der Waals surface area (Å²) < 4.78 is 50.0. The van der Waals surface area contributed by atoms with Gasteiger partial charge in [-0.15, -0.1) is 11.8 Å². The lowest BCUT2D eigenvalue weighted by molar-refractivity contribution is -0.194. The number of halogens is 3. The van der Waals surface area contributed by atoms with Crippen LogP contribution in [0.4, 0.5) is 13.2 Å². The Morgan fingerprint density at radius 1 is 1.27 bits per heavy atom. The van der Waals surface area contributed by atoms with Gasteiger partial charge in [0.25, 0.3) is 0 Å². The average Bonchev–Trinajstić information content (AvgIpc) is 2.67. The van der Waals surface area contributed by atoms with Crippen LogP contribution in [0.5, 0.6) is 0 Å². The van der Waals surface area contributed by atoms with Gasteiger partial charge in [0, 0.05) is 18.8 Å². The minimum Gasteiger partial charge on any atom is -0.451 e. The second-order valence-corrected chi connectivity index (χ2v) is 13.4. The first-order valence-electron chi connectivity index (χ1n) is 7.27. The van der Waals surface area contributed by atoms with Crippen molar-refractivity contribution in [3.8, 4) is 0 Å². The first kappa shape index (κ1) is 19.8. The largest absolute Gasteiger partial charge is 0.451 e. The monoisotopic (exact) mass is 358 g/mol. The van der Waals surface area contributed by atoms with Gasteiger partial charge in [-0.25, -0.2) is 0 Å². The maximum atomic E-state index is 13.1. The fourth-order valence-electron chi connectivity index (χ4n) is 1.92. The van der Waals surface area contributed by atoms with Crippen molar-refractivity contribution in [3.63, 3.8) is 0 Å². The first-order valence-corrected chi connectivity index (χ1v) is 11.1. The van der Waals surface area contributed by atoms with Crippen LogP contribution in [0.1, 0.15) is 34.1 Å². The van der Waals surface area contributed by atoms with Crippen LogP contribution in [-0.2, 0) is 14.0 Å². The van der Waals surface area contributed by atoms with Crippen LogP contribution in [0.3, 0.4) is 0 Å². The summed E-state index contributed by atoms with van der Waals surface area (Å²) in [5.74, 6) is -2.30. The number of thioether (sulfide) groups is 1. The number of hydrogen-bond acceptors (Lipinski definition) is 4. The van der Waals surface area contributed by atoms with Crippen LogP contribution in [0.15, 0.2) is 0 Å². The van der Waals surface area contributed by atoms with Crippen LogP contribution in [0, 0.1) is 5.92 Å². The molecule has 8 heteroatoms. The van der Waals surface area contributed by atoms with Gasteiger partial charge < -0.3 is 9.16 Å². The molecule has 0 N–H and O–H groups in total. The van der Waals surface area contributed by atoms with Crippen LogP contribution in [0.25, 0.3) is 0 Å². The summed E-state index contributed by atoms with van der Waals surface area (Å²) in [7, 11) is -2.00. The molecule has 0 unspecified atom stereocenters. The van der Waals surface area contributed by atoms with Crippen LogP contribution < -0.4 is 0 Å². The van der Waals surface area contributed by atoms with E-state index in [4.69, 9.17) is 9.16 Å². The zero-order valence-electron chi connectivity index (χ0n) is 13.9. The van der Waals surface area contributed by atoms with Gasteiger partial charge in [0.2, 0.25) is 0 Å². The van der Waals surface area contributed by atoms with Gasteiger partial charge in [0.05, 0.1) is 0 Å². The predicted molar refractivity (Wildman–Crippen MR) is 84.2 cm³/mol. The van der Waals surface area contributed by atoms with Gasteiger partial charge >= 0.3 is 12.1 Å². The van der Waals surface area contributed by atoms with E-state index in [9.17, 15) is 18.0 Å². The Hall–Kier alpha value is -0.213. The summed E-state index contributed by atoms with van der Waals surface area (Å²) in [6.45, 7) is 11.8. The fraction of sp³-hybridized carbons (Fsp3) is 0.929. The Morgan fingerprint density at radius 3 is 2.23 bits per heavy atom. The molecule has 1 heterocycles. The lowest BCUT2D eigenvalue weighted by Crippen LogP contribution is -2.42. The minimum atomic E-state index is -4.36. The van der Waals surface area contributed by atoms with Gasteiger partial charge in [0.15, 0.2) is 13.8 Å². The van der Waals surface area contributed by atoms with E-state index in [1.165, 1.54) is 0 Å². The minimum absolute atomic E-state index is 0.00891. The molecule has 1 rings (SSSR count). The quantitative estimate of drug-likeness (QED) is 0.544. The van der Waals surface area contributed by atoms with E-state index in [0.717, 1.165) is 18.7 Å². The molecule has 0 amide bonds. The van der Waals surface area contributed by atoms with E-state index in [1.807, 2.05) is 0 Å². The van der Waals surface area contributed by atoms with E-state index >= 15 is 0 Å². The molecule has 0 aliphatic carbocycles. The highest BCUT2D eigenvalue weighted by atomic mass is 32.2. The summed E-state index contributed by atoms with van der Waals surface area (Å²) in [5, 5.41) is -0.292. The van der Waals surface area contributed by atoms with Crippen LogP contribution in [-0.4, -0.2) is 37.8 Å². The van der Waals surface area contributed by atoms with Crippen LogP contribution in [0.2, 0.25) is 18.1 Å². The summed E-state index contributed by atoms with van der Waals surface area (Å²) >= 11 is 1.06. The number of ether oxygens (including phenoxy) is 1. The number of carbonyl (C=O) groups is 1. The molecule has 3 nitrogen and oxygen atoms in total. The lowest BCUT2D eigenvalue weighted by Gasteiger charge is -2.36. The van der Waals surface area contributed by atoms with Gasteiger partial charge in [0.1, 0.15) is 5.92 Å². The molecule has 0 aromatic heterocycles. The van der Waals surface area contributed by atoms with Crippen LogP contribution >= 0.6 is 11.8 Å². The third kappa shape index (κ3) is 5.16. The molecule has 1 fully saturated rings. The van der Waals surface area contributed by atoms with Crippen molar-refractivity contribution < 1.29 is 27.1 Å². The van der Waals surface area contributed by atoms with E-state index in [0.29, 0.717) is 0 Å². The zero-order valence-corrected chi connectivity index (χ0v) is 15.7. The first-order chi connectivity index (χ1) is 9.74. The van der Waals surface area contributed by atoms with Gasteiger partial charge in [-0.2, -0.15) is 13.2 Å². The number of hydrogen-bond donors (Lipinski definition) is 0. The summed E-state index contributed by atoms with van der Waals surface area (Å²) in [6.07, 6.45) is -4.43. The van der Waals surface area contributed by atoms with Gasteiger partial charge in [-0.3, -0.25) is 4.79 Å². The van der Waals surface area contributed by atoms with E-state index < -0.39 is 31.8 Å². The molecule has 0 radical (unpaired) electrons. The molecular weight excluding hydrogens is 333 g/mol. The van der Waals surface area contributed by atoms with Crippen molar-refractivity contribution >= 4 is 26.0 Å². The zero-order chi connectivity index (χ0) is 17.3. The Morgan fingerprint density at radius 2 is 1.82 bits per heavy atom. The molecule has 0 spiro atoms. The molecule has 0 saturated carbocycles. The van der Waals surface area contributed by atoms with Crippen molar-refractivity contribution in [3.05, 3.63) is 0 Å². The number of rotatable bonds is 4. The fourth-order valence-corrected chi connectivity index (χ4v) is 4.58. The Kier molecular flexibility index (Phi) is 6.06. The highest BCUT2D eigenvalue weighted by molar-refractivity contribution is 8.00. The standard InChI is InChI=1S/C14H25F3O3SSi/c1-9(18)20-12-11(14(15,16)17)7-10(21-12)8-19-22(5,6)13(2,3)4/h10-12H,7-8H2,1-6H3/t10-,11-,12-/m1/s1. The second-order valence-electron chi connectivity index (χ2n) is 7.19. The lowest BCUT2D eigenvalue weighted by atomic mass is 10.0. The Balaban J connectivity index is 2.69. The molecule has 0 bridgehead atoms. The molecule has 0 aromatic carbocycles. The number of carbonyl (C=O) groups excluding carboxylic acids is 1. The Labute approximate surface area is 135 Å². The molecule has 1 aliphatic heterocycles. The SMILES string of the molecule is CC(=O)O[C@@H]1S[C@@H](CO[Si](C)(C)C(C)(C)C)C[C@H]1C(F)(F)F. The highest BCUT2D eigenvalue weighted by Gasteiger charge is 2.53. The molecule has 1 aliphatic rings. The summed E-state index contributed by atoms with van der Waals surface area (Å²) in [5.41, 5.74) is -1.16. The Bertz CT molecular complexity index is 407. The van der Waals surface area contributed by atoms with E-state index in [-0.39, 0.29) is 23.3 Å². The van der Waals surface area contributed by atoms with Crippen molar-refractivity contribution in [2.45, 2.75) is 69.1 Å². The van der Waals surface area contributed by atoms with E-state index in [2.05, 4.69) is 33.9 Å². The van der Waals surface area contributed by atoms with Crippen molar-refractivity contribution in [2.24, 2.45) is 5.92 Å².